The number of halogens is 1. The third-order valence-electron chi connectivity index (χ3n) is 3.07. The van der Waals surface area contributed by atoms with Crippen LogP contribution in [0.25, 0.3) is 0 Å². The normalized spacial score (nSPS) is 17.6. The topological polar surface area (TPSA) is 78.4 Å². The average molecular weight is 295 g/mol. The molecule has 1 aliphatic carbocycles. The van der Waals surface area contributed by atoms with Crippen molar-refractivity contribution in [2.24, 2.45) is 0 Å². The summed E-state index contributed by atoms with van der Waals surface area (Å²) in [7, 11) is 0. The van der Waals surface area contributed by atoms with Crippen molar-refractivity contribution < 1.29 is 14.7 Å². The van der Waals surface area contributed by atoms with Crippen LogP contribution in [0.15, 0.2) is 30.4 Å². The van der Waals surface area contributed by atoms with E-state index in [0.717, 1.165) is 19.3 Å². The van der Waals surface area contributed by atoms with Crippen LogP contribution in [0, 0.1) is 0 Å². The first-order valence-electron chi connectivity index (χ1n) is 6.31. The summed E-state index contributed by atoms with van der Waals surface area (Å²) in [4.78, 5) is 22.6. The Morgan fingerprint density at radius 3 is 2.70 bits per heavy atom. The maximum Gasteiger partial charge on any atom is 0.335 e. The highest BCUT2D eigenvalue weighted by atomic mass is 35.5. The van der Waals surface area contributed by atoms with E-state index in [-0.39, 0.29) is 22.7 Å². The number of nitrogens with one attached hydrogen (secondary N) is 2. The number of carboxylic acids is 1. The van der Waals surface area contributed by atoms with Crippen LogP contribution in [0.4, 0.5) is 10.5 Å². The van der Waals surface area contributed by atoms with Gasteiger partial charge in [0.25, 0.3) is 0 Å². The Morgan fingerprint density at radius 1 is 1.30 bits per heavy atom. The Hall–Kier alpha value is -2.01. The highest BCUT2D eigenvalue weighted by molar-refractivity contribution is 6.34. The third kappa shape index (κ3) is 3.74. The predicted octanol–water partition coefficient (Wildman–Crippen LogP) is 3.27. The van der Waals surface area contributed by atoms with Crippen molar-refractivity contribution in [3.05, 3.63) is 40.9 Å². The van der Waals surface area contributed by atoms with E-state index in [2.05, 4.69) is 16.7 Å². The lowest BCUT2D eigenvalue weighted by Gasteiger charge is -2.19. The number of anilines is 1. The largest absolute Gasteiger partial charge is 0.478 e. The number of hydrogen-bond donors (Lipinski definition) is 3. The van der Waals surface area contributed by atoms with E-state index in [1.807, 2.05) is 6.08 Å². The van der Waals surface area contributed by atoms with E-state index < -0.39 is 5.97 Å². The van der Waals surface area contributed by atoms with Crippen molar-refractivity contribution in [2.75, 3.05) is 5.32 Å². The number of hydrogen-bond acceptors (Lipinski definition) is 2. The van der Waals surface area contributed by atoms with Gasteiger partial charge in [0.1, 0.15) is 0 Å². The van der Waals surface area contributed by atoms with Crippen molar-refractivity contribution in [1.82, 2.24) is 5.32 Å². The van der Waals surface area contributed by atoms with Gasteiger partial charge in [-0.05, 0) is 37.5 Å². The van der Waals surface area contributed by atoms with Crippen LogP contribution in [0.2, 0.25) is 5.02 Å². The first-order valence-corrected chi connectivity index (χ1v) is 6.69. The maximum atomic E-state index is 11.8. The molecule has 0 saturated carbocycles. The van der Waals surface area contributed by atoms with Crippen molar-refractivity contribution in [3.8, 4) is 0 Å². The highest BCUT2D eigenvalue weighted by Crippen LogP contribution is 2.23. The van der Waals surface area contributed by atoms with Crippen LogP contribution in [-0.2, 0) is 0 Å². The zero-order chi connectivity index (χ0) is 14.5. The van der Waals surface area contributed by atoms with E-state index in [0.29, 0.717) is 5.69 Å². The molecule has 0 aromatic heterocycles. The quantitative estimate of drug-likeness (QED) is 0.749. The predicted molar refractivity (Wildman–Crippen MR) is 77.3 cm³/mol. The Balaban J connectivity index is 1.97. The summed E-state index contributed by atoms with van der Waals surface area (Å²) in [5.74, 6) is -1.06. The molecule has 0 heterocycles. The molecular weight excluding hydrogens is 280 g/mol. The SMILES string of the molecule is O=C(Nc1ccc(C(=O)O)cc1Cl)NC1CC=CCC1. The number of amides is 2. The van der Waals surface area contributed by atoms with Gasteiger partial charge in [0, 0.05) is 6.04 Å². The molecule has 1 aromatic carbocycles. The molecule has 0 saturated heterocycles. The van der Waals surface area contributed by atoms with Crippen molar-refractivity contribution >= 4 is 29.3 Å². The van der Waals surface area contributed by atoms with E-state index in [1.165, 1.54) is 18.2 Å². The minimum Gasteiger partial charge on any atom is -0.478 e. The molecule has 5 nitrogen and oxygen atoms in total. The molecule has 1 atom stereocenters. The smallest absolute Gasteiger partial charge is 0.335 e. The second-order valence-electron chi connectivity index (χ2n) is 4.58. The molecule has 0 aliphatic heterocycles. The summed E-state index contributed by atoms with van der Waals surface area (Å²) in [6.07, 6.45) is 6.83. The number of rotatable bonds is 3. The number of benzene rings is 1. The van der Waals surface area contributed by atoms with Gasteiger partial charge in [0.2, 0.25) is 0 Å². The fourth-order valence-electron chi connectivity index (χ4n) is 2.02. The third-order valence-corrected chi connectivity index (χ3v) is 3.38. The molecule has 106 valence electrons. The first-order chi connectivity index (χ1) is 9.56. The molecular formula is C14H15ClN2O3. The van der Waals surface area contributed by atoms with Crippen LogP contribution >= 0.6 is 11.6 Å². The lowest BCUT2D eigenvalue weighted by atomic mass is 10.0. The van der Waals surface area contributed by atoms with Gasteiger partial charge in [-0.25, -0.2) is 9.59 Å². The van der Waals surface area contributed by atoms with E-state index >= 15 is 0 Å². The first kappa shape index (κ1) is 14.4. The number of aromatic carboxylic acids is 1. The van der Waals surface area contributed by atoms with E-state index in [9.17, 15) is 9.59 Å². The van der Waals surface area contributed by atoms with Gasteiger partial charge in [-0.2, -0.15) is 0 Å². The fraction of sp³-hybridized carbons (Fsp3) is 0.286. The molecule has 0 bridgehead atoms. The monoisotopic (exact) mass is 294 g/mol. The van der Waals surface area contributed by atoms with Gasteiger partial charge in [-0.15, -0.1) is 0 Å². The molecule has 0 spiro atoms. The average Bonchev–Trinajstić information content (AvgIpc) is 2.42. The minimum absolute atomic E-state index is 0.0818. The molecule has 2 rings (SSSR count). The summed E-state index contributed by atoms with van der Waals surface area (Å²) >= 11 is 5.94. The van der Waals surface area contributed by atoms with Crippen LogP contribution in [0.5, 0.6) is 0 Å². The van der Waals surface area contributed by atoms with Gasteiger partial charge in [-0.3, -0.25) is 0 Å². The standard InChI is InChI=1S/C14H15ClN2O3/c15-11-8-9(13(18)19)6-7-12(11)17-14(20)16-10-4-2-1-3-5-10/h1-2,6-8,10H,3-5H2,(H,18,19)(H2,16,17,20). The zero-order valence-corrected chi connectivity index (χ0v) is 11.5. The number of carbonyl (C=O) groups excluding carboxylic acids is 1. The van der Waals surface area contributed by atoms with Gasteiger partial charge < -0.3 is 15.7 Å². The Morgan fingerprint density at radius 2 is 2.10 bits per heavy atom. The van der Waals surface area contributed by atoms with Gasteiger partial charge in [0.05, 0.1) is 16.3 Å². The number of allylic oxidation sites excluding steroid dienone is 1. The van der Waals surface area contributed by atoms with E-state index in [1.54, 1.807) is 0 Å². The number of carboxylic acid groups (broad SMARTS) is 1. The lowest BCUT2D eigenvalue weighted by Crippen LogP contribution is -2.38. The van der Waals surface area contributed by atoms with Gasteiger partial charge in [0.15, 0.2) is 0 Å². The maximum absolute atomic E-state index is 11.8. The second-order valence-corrected chi connectivity index (χ2v) is 4.99. The summed E-state index contributed by atoms with van der Waals surface area (Å²) in [5.41, 5.74) is 0.471. The number of urea groups is 1. The lowest BCUT2D eigenvalue weighted by molar-refractivity contribution is 0.0697. The summed E-state index contributed by atoms with van der Waals surface area (Å²) in [6, 6.07) is 3.97. The highest BCUT2D eigenvalue weighted by Gasteiger charge is 2.14. The van der Waals surface area contributed by atoms with Gasteiger partial charge in [-0.1, -0.05) is 23.8 Å². The molecule has 1 aromatic rings. The molecule has 0 fully saturated rings. The van der Waals surface area contributed by atoms with E-state index in [4.69, 9.17) is 16.7 Å². The van der Waals surface area contributed by atoms with Crippen LogP contribution in [-0.4, -0.2) is 23.1 Å². The molecule has 1 aliphatic rings. The molecule has 3 N–H and O–H groups in total. The fourth-order valence-corrected chi connectivity index (χ4v) is 2.25. The second kappa shape index (κ2) is 6.43. The molecule has 1 unspecified atom stereocenters. The minimum atomic E-state index is -1.06. The van der Waals surface area contributed by atoms with Crippen LogP contribution < -0.4 is 10.6 Å². The van der Waals surface area contributed by atoms with Crippen molar-refractivity contribution in [1.29, 1.82) is 0 Å². The summed E-state index contributed by atoms with van der Waals surface area (Å²) < 4.78 is 0. The summed E-state index contributed by atoms with van der Waals surface area (Å²) in [6.45, 7) is 0. The molecule has 2 amide bonds. The summed E-state index contributed by atoms with van der Waals surface area (Å²) in [5, 5.41) is 14.5. The molecule has 0 radical (unpaired) electrons. The van der Waals surface area contributed by atoms with Crippen LogP contribution in [0.3, 0.4) is 0 Å². The Bertz CT molecular complexity index is 557. The van der Waals surface area contributed by atoms with Crippen molar-refractivity contribution in [2.45, 2.75) is 25.3 Å². The Labute approximate surface area is 121 Å². The van der Waals surface area contributed by atoms with Crippen LogP contribution in [0.1, 0.15) is 29.6 Å². The molecule has 6 heteroatoms. The number of carbonyl (C=O) groups is 2. The van der Waals surface area contributed by atoms with Gasteiger partial charge >= 0.3 is 12.0 Å². The Kier molecular flexibility index (Phi) is 4.63. The zero-order valence-electron chi connectivity index (χ0n) is 10.7. The van der Waals surface area contributed by atoms with Crippen molar-refractivity contribution in [3.63, 3.8) is 0 Å². The molecule has 20 heavy (non-hydrogen) atoms.